The van der Waals surface area contributed by atoms with Crippen LogP contribution in [0.25, 0.3) is 0 Å². The van der Waals surface area contributed by atoms with E-state index >= 15 is 0 Å². The number of nitrogens with one attached hydrogen (secondary N) is 1. The summed E-state index contributed by atoms with van der Waals surface area (Å²) in [5.41, 5.74) is 6.65. The van der Waals surface area contributed by atoms with Crippen LogP contribution in [0.5, 0.6) is 0 Å². The summed E-state index contributed by atoms with van der Waals surface area (Å²) in [6.45, 7) is 10.5. The maximum Gasteiger partial charge on any atom is 0.290 e. The molecule has 0 saturated heterocycles. The Balaban J connectivity index is 2.18. The topological polar surface area (TPSA) is 33.0 Å². The molecule has 110 valence electrons. The van der Waals surface area contributed by atoms with Gasteiger partial charge in [0.2, 0.25) is 6.54 Å². The summed E-state index contributed by atoms with van der Waals surface area (Å²) < 4.78 is 1.98. The first-order valence-corrected chi connectivity index (χ1v) is 7.22. The first kappa shape index (κ1) is 15.2. The molecule has 21 heavy (non-hydrogen) atoms. The predicted octanol–water partition coefficient (Wildman–Crippen LogP) is 3.15. The average molecular weight is 283 g/mol. The Kier molecular flexibility index (Phi) is 4.41. The Hall–Kier alpha value is -2.16. The largest absolute Gasteiger partial charge is 0.320 e. The summed E-state index contributed by atoms with van der Waals surface area (Å²) in [5.74, 6) is 0.00348. The van der Waals surface area contributed by atoms with E-state index in [-0.39, 0.29) is 5.91 Å². The number of aryl methyl sites for hydroxylation is 4. The molecule has 0 spiro atoms. The quantitative estimate of drug-likeness (QED) is 0.862. The van der Waals surface area contributed by atoms with E-state index in [0.717, 1.165) is 22.5 Å². The maximum atomic E-state index is 12.3. The van der Waals surface area contributed by atoms with Crippen molar-refractivity contribution in [3.05, 3.63) is 58.4 Å². The highest BCUT2D eigenvalue weighted by Crippen LogP contribution is 2.21. The van der Waals surface area contributed by atoms with Gasteiger partial charge in [-0.3, -0.25) is 4.79 Å². The number of hydrogen-bond donors (Lipinski definition) is 1. The van der Waals surface area contributed by atoms with Gasteiger partial charge in [-0.1, -0.05) is 17.7 Å². The highest BCUT2D eigenvalue weighted by Gasteiger charge is 2.15. The van der Waals surface area contributed by atoms with Crippen LogP contribution in [-0.4, -0.2) is 5.91 Å². The number of amides is 1. The lowest BCUT2D eigenvalue weighted by Crippen LogP contribution is -2.43. The number of hydrogen-bond acceptors (Lipinski definition) is 1. The van der Waals surface area contributed by atoms with Gasteiger partial charge < -0.3 is 5.32 Å². The van der Waals surface area contributed by atoms with Gasteiger partial charge in [0, 0.05) is 24.2 Å². The van der Waals surface area contributed by atoms with E-state index in [1.165, 1.54) is 11.1 Å². The average Bonchev–Trinajstić information content (AvgIpc) is 2.39. The first-order valence-electron chi connectivity index (χ1n) is 7.22. The normalized spacial score (nSPS) is 10.5. The van der Waals surface area contributed by atoms with Gasteiger partial charge in [0.25, 0.3) is 5.91 Å². The van der Waals surface area contributed by atoms with Crippen LogP contribution in [-0.2, 0) is 11.3 Å². The second-order valence-electron chi connectivity index (χ2n) is 5.73. The molecule has 0 bridgehead atoms. The second-order valence-corrected chi connectivity index (χ2v) is 5.73. The Morgan fingerprint density at radius 3 is 2.29 bits per heavy atom. The third kappa shape index (κ3) is 3.48. The van der Waals surface area contributed by atoms with Crippen molar-refractivity contribution in [2.24, 2.45) is 0 Å². The molecule has 0 radical (unpaired) electrons. The van der Waals surface area contributed by atoms with Gasteiger partial charge in [-0.05, 0) is 44.9 Å². The highest BCUT2D eigenvalue weighted by molar-refractivity contribution is 5.91. The third-order valence-corrected chi connectivity index (χ3v) is 3.87. The molecule has 1 heterocycles. The summed E-state index contributed by atoms with van der Waals surface area (Å²) in [4.78, 5) is 12.3. The van der Waals surface area contributed by atoms with Crippen molar-refractivity contribution in [1.82, 2.24) is 0 Å². The zero-order valence-corrected chi connectivity index (χ0v) is 13.4. The predicted molar refractivity (Wildman–Crippen MR) is 85.4 cm³/mol. The number of nitrogens with zero attached hydrogens (tertiary/aromatic N) is 1. The van der Waals surface area contributed by atoms with Crippen LogP contribution < -0.4 is 9.88 Å². The zero-order valence-electron chi connectivity index (χ0n) is 13.4. The van der Waals surface area contributed by atoms with Crippen molar-refractivity contribution >= 4 is 11.6 Å². The standard InChI is InChI=1S/C18H22N2O/c1-12-9-14(3)18(15(4)10-12)19-17(21)11-20-8-6-7-13(2)16(20)5/h6-10H,11H2,1-5H3/p+1. The summed E-state index contributed by atoms with van der Waals surface area (Å²) in [6, 6.07) is 8.21. The second kappa shape index (κ2) is 6.08. The van der Waals surface area contributed by atoms with Crippen LogP contribution in [0.1, 0.15) is 27.9 Å². The van der Waals surface area contributed by atoms with E-state index < -0.39 is 0 Å². The van der Waals surface area contributed by atoms with Gasteiger partial charge >= 0.3 is 0 Å². The Labute approximate surface area is 126 Å². The van der Waals surface area contributed by atoms with Gasteiger partial charge in [-0.25, -0.2) is 0 Å². The number of aromatic nitrogens is 1. The smallest absolute Gasteiger partial charge is 0.290 e. The van der Waals surface area contributed by atoms with Crippen molar-refractivity contribution in [2.75, 3.05) is 5.32 Å². The Morgan fingerprint density at radius 2 is 1.67 bits per heavy atom. The van der Waals surface area contributed by atoms with Crippen molar-refractivity contribution in [1.29, 1.82) is 0 Å². The molecule has 0 unspecified atom stereocenters. The molecule has 2 rings (SSSR count). The van der Waals surface area contributed by atoms with E-state index in [0.29, 0.717) is 6.54 Å². The minimum Gasteiger partial charge on any atom is -0.320 e. The van der Waals surface area contributed by atoms with E-state index in [1.54, 1.807) is 0 Å². The number of rotatable bonds is 3. The summed E-state index contributed by atoms with van der Waals surface area (Å²) in [7, 11) is 0. The molecule has 0 aliphatic rings. The molecular weight excluding hydrogens is 260 g/mol. The maximum absolute atomic E-state index is 12.3. The van der Waals surface area contributed by atoms with Crippen molar-refractivity contribution in [3.63, 3.8) is 0 Å². The number of carbonyl (C=O) groups excluding carboxylic acids is 1. The van der Waals surface area contributed by atoms with Crippen molar-refractivity contribution in [3.8, 4) is 0 Å². The van der Waals surface area contributed by atoms with Crippen molar-refractivity contribution in [2.45, 2.75) is 41.2 Å². The van der Waals surface area contributed by atoms with Crippen LogP contribution in [0.4, 0.5) is 5.69 Å². The monoisotopic (exact) mass is 283 g/mol. The van der Waals surface area contributed by atoms with Crippen LogP contribution in [0.2, 0.25) is 0 Å². The molecule has 0 fully saturated rings. The molecule has 1 aromatic heterocycles. The number of carbonyl (C=O) groups is 1. The van der Waals surface area contributed by atoms with E-state index in [9.17, 15) is 4.79 Å². The van der Waals surface area contributed by atoms with Crippen LogP contribution in [0, 0.1) is 34.6 Å². The molecule has 1 amide bonds. The number of anilines is 1. The van der Waals surface area contributed by atoms with Gasteiger partial charge in [-0.2, -0.15) is 4.57 Å². The molecule has 0 aliphatic heterocycles. The zero-order chi connectivity index (χ0) is 15.6. The molecular formula is C18H23N2O+. The molecule has 3 nitrogen and oxygen atoms in total. The molecule has 0 saturated carbocycles. The van der Waals surface area contributed by atoms with E-state index in [2.05, 4.69) is 37.4 Å². The molecule has 2 aromatic rings. The number of benzene rings is 1. The highest BCUT2D eigenvalue weighted by atomic mass is 16.1. The summed E-state index contributed by atoms with van der Waals surface area (Å²) in [6.07, 6.45) is 1.94. The lowest BCUT2D eigenvalue weighted by atomic mass is 10.1. The summed E-state index contributed by atoms with van der Waals surface area (Å²) >= 11 is 0. The van der Waals surface area contributed by atoms with Crippen LogP contribution in [0.3, 0.4) is 0 Å². The Morgan fingerprint density at radius 1 is 1.05 bits per heavy atom. The minimum absolute atomic E-state index is 0.00348. The van der Waals surface area contributed by atoms with E-state index in [1.807, 2.05) is 37.6 Å². The SMILES string of the molecule is Cc1cc(C)c(NC(=O)C[n+]2cccc(C)c2C)c(C)c1. The molecule has 0 atom stereocenters. The first-order chi connectivity index (χ1) is 9.88. The van der Waals surface area contributed by atoms with Crippen LogP contribution >= 0.6 is 0 Å². The molecule has 0 aliphatic carbocycles. The molecule has 1 N–H and O–H groups in total. The van der Waals surface area contributed by atoms with Crippen LogP contribution in [0.15, 0.2) is 30.5 Å². The van der Waals surface area contributed by atoms with E-state index in [4.69, 9.17) is 0 Å². The van der Waals surface area contributed by atoms with Crippen molar-refractivity contribution < 1.29 is 9.36 Å². The van der Waals surface area contributed by atoms with Gasteiger partial charge in [0.05, 0.1) is 0 Å². The molecule has 3 heteroatoms. The fourth-order valence-corrected chi connectivity index (χ4v) is 2.63. The molecule has 1 aromatic carbocycles. The van der Waals surface area contributed by atoms with Gasteiger partial charge in [0.1, 0.15) is 0 Å². The Bertz CT molecular complexity index is 667. The van der Waals surface area contributed by atoms with Gasteiger partial charge in [-0.15, -0.1) is 0 Å². The third-order valence-electron chi connectivity index (χ3n) is 3.87. The minimum atomic E-state index is 0.00348. The number of pyridine rings is 1. The van der Waals surface area contributed by atoms with Gasteiger partial charge in [0.15, 0.2) is 11.9 Å². The summed E-state index contributed by atoms with van der Waals surface area (Å²) in [5, 5.41) is 3.04. The fourth-order valence-electron chi connectivity index (χ4n) is 2.63. The lowest BCUT2D eigenvalue weighted by Gasteiger charge is -2.12. The lowest BCUT2D eigenvalue weighted by molar-refractivity contribution is -0.690. The fraction of sp³-hybridized carbons (Fsp3) is 0.333.